The second-order valence-electron chi connectivity index (χ2n) is 3.87. The van der Waals surface area contributed by atoms with E-state index >= 15 is 0 Å². The number of aromatic nitrogens is 2. The number of nitrogens with zero attached hydrogens (tertiary/aromatic N) is 3. The first-order valence-corrected chi connectivity index (χ1v) is 6.54. The molecule has 7 N–H and O–H groups in total. The molecule has 0 unspecified atom stereocenters. The van der Waals surface area contributed by atoms with Crippen LogP contribution in [0.15, 0.2) is 40.7 Å². The summed E-state index contributed by atoms with van der Waals surface area (Å²) in [5.41, 5.74) is 8.55. The Kier molecular flexibility index (Phi) is 4.51. The Hall–Kier alpha value is -2.16. The molecular weight excluding hydrogens is 276 g/mol. The minimum Gasteiger partial charge on any atom is -0.390 e. The maximum Gasteiger partial charge on any atom is 0.153 e. The van der Waals surface area contributed by atoms with Crippen molar-refractivity contribution < 1.29 is 5.11 Å². The highest BCUT2D eigenvalue weighted by Gasteiger charge is 2.15. The maximum atomic E-state index is 9.01. The number of amidine groups is 1. The van der Waals surface area contributed by atoms with E-state index in [0.29, 0.717) is 16.3 Å². The molecule has 0 bridgehead atoms. The number of hydrazone groups is 1. The zero-order valence-corrected chi connectivity index (χ0v) is 11.3. The first-order chi connectivity index (χ1) is 9.71. The lowest BCUT2D eigenvalue weighted by Gasteiger charge is -2.11. The van der Waals surface area contributed by atoms with Crippen molar-refractivity contribution in [2.45, 2.75) is 11.6 Å². The van der Waals surface area contributed by atoms with Crippen LogP contribution in [0, 0.1) is 0 Å². The molecule has 0 spiro atoms. The van der Waals surface area contributed by atoms with Crippen molar-refractivity contribution in [1.29, 1.82) is 0 Å². The molecule has 0 aliphatic rings. The van der Waals surface area contributed by atoms with Gasteiger partial charge in [0.05, 0.1) is 17.9 Å². The van der Waals surface area contributed by atoms with Crippen molar-refractivity contribution in [3.05, 3.63) is 41.9 Å². The van der Waals surface area contributed by atoms with Gasteiger partial charge in [-0.25, -0.2) is 4.98 Å². The van der Waals surface area contributed by atoms with E-state index in [2.05, 4.69) is 15.1 Å². The van der Waals surface area contributed by atoms with Crippen molar-refractivity contribution in [3.63, 3.8) is 0 Å². The highest BCUT2D eigenvalue weighted by atomic mass is 32.2. The number of nitrogens with two attached hydrogens (primary N) is 3. The van der Waals surface area contributed by atoms with Crippen LogP contribution in [0.3, 0.4) is 0 Å². The van der Waals surface area contributed by atoms with E-state index in [4.69, 9.17) is 21.8 Å². The van der Waals surface area contributed by atoms with Crippen LogP contribution in [-0.4, -0.2) is 20.9 Å². The summed E-state index contributed by atoms with van der Waals surface area (Å²) in [4.78, 5) is 8.28. The SMILES string of the molecule is N/N=C(\N)c1c(-c2ccc(CO)nc2)ccnc1SN. The average molecular weight is 290 g/mol. The smallest absolute Gasteiger partial charge is 0.153 e. The summed E-state index contributed by atoms with van der Waals surface area (Å²) in [6.07, 6.45) is 3.26. The molecule has 0 aromatic carbocycles. The summed E-state index contributed by atoms with van der Waals surface area (Å²) in [5.74, 6) is 5.40. The Morgan fingerprint density at radius 2 is 2.10 bits per heavy atom. The minimum absolute atomic E-state index is 0.111. The highest BCUT2D eigenvalue weighted by Crippen LogP contribution is 2.28. The van der Waals surface area contributed by atoms with Gasteiger partial charge in [0.2, 0.25) is 0 Å². The van der Waals surface area contributed by atoms with Crippen LogP contribution in [-0.2, 0) is 6.61 Å². The van der Waals surface area contributed by atoms with Gasteiger partial charge < -0.3 is 16.7 Å². The molecule has 8 heteroatoms. The molecule has 0 atom stereocenters. The number of pyridine rings is 2. The van der Waals surface area contributed by atoms with E-state index in [1.807, 2.05) is 6.07 Å². The lowest BCUT2D eigenvalue weighted by Crippen LogP contribution is -2.18. The van der Waals surface area contributed by atoms with Crippen molar-refractivity contribution in [2.75, 3.05) is 0 Å². The molecule has 2 aromatic heterocycles. The predicted molar refractivity (Wildman–Crippen MR) is 78.3 cm³/mol. The average Bonchev–Trinajstić information content (AvgIpc) is 2.53. The largest absolute Gasteiger partial charge is 0.390 e. The van der Waals surface area contributed by atoms with Crippen molar-refractivity contribution in [1.82, 2.24) is 9.97 Å². The molecule has 20 heavy (non-hydrogen) atoms. The molecule has 0 amide bonds. The summed E-state index contributed by atoms with van der Waals surface area (Å²) >= 11 is 0.968. The zero-order chi connectivity index (χ0) is 14.5. The van der Waals surface area contributed by atoms with Gasteiger partial charge in [0.15, 0.2) is 5.84 Å². The summed E-state index contributed by atoms with van der Waals surface area (Å²) < 4.78 is 0. The van der Waals surface area contributed by atoms with Gasteiger partial charge in [0, 0.05) is 18.0 Å². The standard InChI is InChI=1S/C12H14N6OS/c13-11(18-14)10-9(3-4-16-12(10)20-15)7-1-2-8(6-19)17-5-7/h1-5,19H,6,14-15H2,(H2,13,18). The molecule has 2 rings (SSSR count). The van der Waals surface area contributed by atoms with E-state index < -0.39 is 0 Å². The van der Waals surface area contributed by atoms with E-state index in [-0.39, 0.29) is 12.4 Å². The fourth-order valence-electron chi connectivity index (χ4n) is 1.76. The van der Waals surface area contributed by atoms with Crippen LogP contribution < -0.4 is 16.7 Å². The van der Waals surface area contributed by atoms with Crippen LogP contribution in [0.5, 0.6) is 0 Å². The van der Waals surface area contributed by atoms with E-state index in [0.717, 1.165) is 23.1 Å². The lowest BCUT2D eigenvalue weighted by molar-refractivity contribution is 0.277. The quantitative estimate of drug-likeness (QED) is 0.207. The van der Waals surface area contributed by atoms with Gasteiger partial charge in [0.25, 0.3) is 0 Å². The molecule has 0 saturated carbocycles. The van der Waals surface area contributed by atoms with Crippen molar-refractivity contribution >= 4 is 17.8 Å². The minimum atomic E-state index is -0.111. The van der Waals surface area contributed by atoms with Gasteiger partial charge >= 0.3 is 0 Å². The monoisotopic (exact) mass is 290 g/mol. The molecule has 7 nitrogen and oxygen atoms in total. The van der Waals surface area contributed by atoms with E-state index in [9.17, 15) is 0 Å². The third kappa shape index (κ3) is 2.72. The Morgan fingerprint density at radius 3 is 2.65 bits per heavy atom. The summed E-state index contributed by atoms with van der Waals surface area (Å²) in [7, 11) is 0. The first-order valence-electron chi connectivity index (χ1n) is 5.67. The Bertz CT molecular complexity index is 628. The molecule has 0 aliphatic carbocycles. The fraction of sp³-hybridized carbons (Fsp3) is 0.0833. The molecule has 0 saturated heterocycles. The van der Waals surface area contributed by atoms with Gasteiger partial charge in [-0.15, -0.1) is 0 Å². The zero-order valence-electron chi connectivity index (χ0n) is 10.5. The summed E-state index contributed by atoms with van der Waals surface area (Å²) in [6.45, 7) is -0.111. The van der Waals surface area contributed by atoms with Crippen LogP contribution in [0.4, 0.5) is 0 Å². The van der Waals surface area contributed by atoms with Crippen LogP contribution in [0.2, 0.25) is 0 Å². The second-order valence-corrected chi connectivity index (χ2v) is 4.49. The van der Waals surface area contributed by atoms with Crippen molar-refractivity contribution in [2.24, 2.45) is 21.8 Å². The number of aliphatic hydroxyl groups is 1. The highest BCUT2D eigenvalue weighted by molar-refractivity contribution is 7.97. The van der Waals surface area contributed by atoms with Gasteiger partial charge in [0.1, 0.15) is 5.03 Å². The number of aliphatic hydroxyl groups excluding tert-OH is 1. The van der Waals surface area contributed by atoms with Crippen molar-refractivity contribution in [3.8, 4) is 11.1 Å². The van der Waals surface area contributed by atoms with Gasteiger partial charge in [-0.2, -0.15) is 5.10 Å². The van der Waals surface area contributed by atoms with Gasteiger partial charge in [-0.1, -0.05) is 6.07 Å². The Balaban J connectivity index is 2.60. The number of hydrogen-bond donors (Lipinski definition) is 4. The normalized spacial score (nSPS) is 11.6. The van der Waals surface area contributed by atoms with Gasteiger partial charge in [-0.3, -0.25) is 10.1 Å². The second kappa shape index (κ2) is 6.33. The Labute approximate surface area is 120 Å². The fourth-order valence-corrected chi connectivity index (χ4v) is 2.22. The summed E-state index contributed by atoms with van der Waals surface area (Å²) in [5, 5.41) is 18.6. The first kappa shape index (κ1) is 14.3. The predicted octanol–water partition coefficient (Wildman–Crippen LogP) is 0.181. The lowest BCUT2D eigenvalue weighted by atomic mass is 10.0. The van der Waals surface area contributed by atoms with Crippen LogP contribution in [0.25, 0.3) is 11.1 Å². The maximum absolute atomic E-state index is 9.01. The number of rotatable bonds is 4. The molecule has 104 valence electrons. The molecular formula is C12H14N6OS. The van der Waals surface area contributed by atoms with E-state index in [1.165, 1.54) is 0 Å². The third-order valence-electron chi connectivity index (χ3n) is 2.72. The van der Waals surface area contributed by atoms with Crippen LogP contribution >= 0.6 is 11.9 Å². The molecule has 0 radical (unpaired) electrons. The Morgan fingerprint density at radius 1 is 1.30 bits per heavy atom. The molecule has 2 heterocycles. The molecule has 0 fully saturated rings. The van der Waals surface area contributed by atoms with Crippen LogP contribution in [0.1, 0.15) is 11.3 Å². The van der Waals surface area contributed by atoms with E-state index in [1.54, 1.807) is 24.5 Å². The third-order valence-corrected chi connectivity index (χ3v) is 3.25. The number of hydrogen-bond acceptors (Lipinski definition) is 7. The topological polar surface area (TPSA) is 136 Å². The summed E-state index contributed by atoms with van der Waals surface area (Å²) in [6, 6.07) is 5.33. The molecule has 2 aromatic rings. The van der Waals surface area contributed by atoms with Gasteiger partial charge in [-0.05, 0) is 29.6 Å². The molecule has 0 aliphatic heterocycles.